The maximum absolute atomic E-state index is 12.9. The molecule has 0 radical (unpaired) electrons. The van der Waals surface area contributed by atoms with E-state index in [0.29, 0.717) is 30.2 Å². The smallest absolute Gasteiger partial charge is 0.382 e. The number of primary amides is 1. The van der Waals surface area contributed by atoms with Crippen LogP contribution in [0.2, 0.25) is 5.02 Å². The number of piperazine rings is 1. The quantitative estimate of drug-likeness (QED) is 0.497. The predicted molar refractivity (Wildman–Crippen MR) is 132 cm³/mol. The number of amides is 1. The van der Waals surface area contributed by atoms with E-state index in [1.807, 2.05) is 30.3 Å². The van der Waals surface area contributed by atoms with E-state index in [9.17, 15) is 23.1 Å². The Balaban J connectivity index is 1.58. The number of pyridine rings is 1. The molecule has 0 saturated carbocycles. The first-order valence-corrected chi connectivity index (χ1v) is 11.7. The van der Waals surface area contributed by atoms with Crippen molar-refractivity contribution in [2.45, 2.75) is 24.7 Å². The molecule has 0 bridgehead atoms. The van der Waals surface area contributed by atoms with Crippen molar-refractivity contribution in [1.82, 2.24) is 9.88 Å². The normalized spacial score (nSPS) is 18.6. The fourth-order valence-corrected chi connectivity index (χ4v) is 4.81. The lowest BCUT2D eigenvalue weighted by Gasteiger charge is -2.45. The van der Waals surface area contributed by atoms with E-state index in [1.165, 1.54) is 6.07 Å². The fraction of sp³-hybridized carbons (Fsp3) is 0.308. The zero-order chi connectivity index (χ0) is 26.1. The summed E-state index contributed by atoms with van der Waals surface area (Å²) in [7, 11) is 0. The van der Waals surface area contributed by atoms with Crippen LogP contribution in [0.5, 0.6) is 0 Å². The zero-order valence-electron chi connectivity index (χ0n) is 19.5. The summed E-state index contributed by atoms with van der Waals surface area (Å²) in [5, 5.41) is 11.5. The number of hydrogen-bond acceptors (Lipinski definition) is 5. The molecule has 0 aliphatic carbocycles. The molecule has 190 valence electrons. The van der Waals surface area contributed by atoms with Crippen LogP contribution >= 0.6 is 11.6 Å². The molecule has 2 aromatic carbocycles. The summed E-state index contributed by atoms with van der Waals surface area (Å²) in [4.78, 5) is 19.6. The van der Waals surface area contributed by atoms with Gasteiger partial charge in [0.05, 0.1) is 28.0 Å². The molecule has 2 heterocycles. The summed E-state index contributed by atoms with van der Waals surface area (Å²) >= 11 is 6.54. The molecule has 10 heteroatoms. The Kier molecular flexibility index (Phi) is 7.26. The number of nitrogens with zero attached hydrogens (tertiary/aromatic N) is 3. The topological polar surface area (TPSA) is 82.7 Å². The second-order valence-corrected chi connectivity index (χ2v) is 9.50. The Morgan fingerprint density at radius 2 is 1.86 bits per heavy atom. The van der Waals surface area contributed by atoms with Gasteiger partial charge in [0, 0.05) is 37.9 Å². The zero-order valence-corrected chi connectivity index (χ0v) is 20.3. The second kappa shape index (κ2) is 10.1. The molecule has 1 aromatic heterocycles. The molecule has 0 spiro atoms. The van der Waals surface area contributed by atoms with Gasteiger partial charge in [-0.05, 0) is 42.8 Å². The molecular formula is C26H26ClF3N4O2. The standard InChI is InChI=1S/C26H26ClF3N4O2/c1-25(36,23-10-8-19(14-32-23)26(28,29)30)16-33-11-12-34(22(15-33)17-5-3-2-4-6-17)21-9-7-18(24(31)35)13-20(21)27/h2-10,13-14,22,36H,11-12,15-16H2,1H3,(H2,31,35)/t22-,25+/m0/s1. The Hall–Kier alpha value is -3.14. The largest absolute Gasteiger partial charge is 0.417 e. The van der Waals surface area contributed by atoms with Crippen molar-refractivity contribution in [2.75, 3.05) is 31.1 Å². The van der Waals surface area contributed by atoms with Gasteiger partial charge in [-0.25, -0.2) is 0 Å². The van der Waals surface area contributed by atoms with Gasteiger partial charge in [0.2, 0.25) is 5.91 Å². The van der Waals surface area contributed by atoms with E-state index in [0.717, 1.165) is 23.5 Å². The van der Waals surface area contributed by atoms with Crippen LogP contribution in [0.15, 0.2) is 66.9 Å². The van der Waals surface area contributed by atoms with Crippen molar-refractivity contribution in [1.29, 1.82) is 0 Å². The molecule has 0 unspecified atom stereocenters. The van der Waals surface area contributed by atoms with Crippen LogP contribution in [-0.4, -0.2) is 47.1 Å². The van der Waals surface area contributed by atoms with Gasteiger partial charge in [0.15, 0.2) is 0 Å². The number of carbonyl (C=O) groups excluding carboxylic acids is 1. The first-order valence-electron chi connectivity index (χ1n) is 11.3. The Labute approximate surface area is 212 Å². The van der Waals surface area contributed by atoms with Gasteiger partial charge in [-0.2, -0.15) is 13.2 Å². The highest BCUT2D eigenvalue weighted by Gasteiger charge is 2.36. The van der Waals surface area contributed by atoms with Crippen molar-refractivity contribution >= 4 is 23.2 Å². The van der Waals surface area contributed by atoms with E-state index < -0.39 is 23.2 Å². The van der Waals surface area contributed by atoms with Crippen LogP contribution in [0, 0.1) is 0 Å². The molecule has 6 nitrogen and oxygen atoms in total. The van der Waals surface area contributed by atoms with Gasteiger partial charge < -0.3 is 15.7 Å². The molecule has 1 fully saturated rings. The summed E-state index contributed by atoms with van der Waals surface area (Å²) in [6, 6.07) is 16.8. The van der Waals surface area contributed by atoms with Gasteiger partial charge in [-0.1, -0.05) is 41.9 Å². The number of rotatable bonds is 6. The SMILES string of the molecule is C[C@@](O)(CN1CCN(c2ccc(C(N)=O)cc2Cl)[C@H](c2ccccc2)C1)c1ccc(C(F)(F)F)cn1. The maximum atomic E-state index is 12.9. The summed E-state index contributed by atoms with van der Waals surface area (Å²) in [6.45, 7) is 3.37. The average Bonchev–Trinajstić information content (AvgIpc) is 2.84. The van der Waals surface area contributed by atoms with Crippen molar-refractivity contribution in [3.05, 3.63) is 94.3 Å². The molecule has 4 rings (SSSR count). The Morgan fingerprint density at radius 3 is 2.44 bits per heavy atom. The Morgan fingerprint density at radius 1 is 1.14 bits per heavy atom. The summed E-state index contributed by atoms with van der Waals surface area (Å²) in [6.07, 6.45) is -3.75. The molecule has 1 saturated heterocycles. The molecule has 3 N–H and O–H groups in total. The third-order valence-electron chi connectivity index (χ3n) is 6.36. The minimum atomic E-state index is -4.49. The van der Waals surface area contributed by atoms with Crippen molar-refractivity contribution < 1.29 is 23.1 Å². The number of nitrogens with two attached hydrogens (primary N) is 1. The minimum Gasteiger partial charge on any atom is -0.382 e. The first kappa shape index (κ1) is 25.9. The number of halogens is 4. The first-order chi connectivity index (χ1) is 17.0. The van der Waals surface area contributed by atoms with Crippen LogP contribution in [0.4, 0.5) is 18.9 Å². The van der Waals surface area contributed by atoms with Gasteiger partial charge >= 0.3 is 6.18 Å². The number of benzene rings is 2. The third-order valence-corrected chi connectivity index (χ3v) is 6.67. The van der Waals surface area contributed by atoms with Crippen molar-refractivity contribution in [3.63, 3.8) is 0 Å². The number of carbonyl (C=O) groups is 1. The van der Waals surface area contributed by atoms with Crippen molar-refractivity contribution in [3.8, 4) is 0 Å². The van der Waals surface area contributed by atoms with Gasteiger partial charge in [-0.3, -0.25) is 14.7 Å². The number of β-amino-alcohol motifs (C(OH)–C–C–N with tert-alkyl or cyclic N) is 1. The van der Waals surface area contributed by atoms with Crippen LogP contribution < -0.4 is 10.6 Å². The predicted octanol–water partition coefficient (Wildman–Crippen LogP) is 4.62. The molecule has 3 aromatic rings. The van der Waals surface area contributed by atoms with Gasteiger partial charge in [0.25, 0.3) is 0 Å². The van der Waals surface area contributed by atoms with Crippen LogP contribution in [0.1, 0.15) is 40.1 Å². The van der Waals surface area contributed by atoms with Gasteiger partial charge in [0.1, 0.15) is 5.60 Å². The number of alkyl halides is 3. The number of hydrogen-bond donors (Lipinski definition) is 2. The van der Waals surface area contributed by atoms with E-state index in [-0.39, 0.29) is 18.3 Å². The molecule has 1 amide bonds. The van der Waals surface area contributed by atoms with Crippen molar-refractivity contribution in [2.24, 2.45) is 5.73 Å². The molecule has 1 aliphatic heterocycles. The van der Waals surface area contributed by atoms with Crippen LogP contribution in [0.3, 0.4) is 0 Å². The van der Waals surface area contributed by atoms with Crippen LogP contribution in [0.25, 0.3) is 0 Å². The number of aromatic nitrogens is 1. The monoisotopic (exact) mass is 518 g/mol. The summed E-state index contributed by atoms with van der Waals surface area (Å²) < 4.78 is 38.7. The Bertz CT molecular complexity index is 1220. The summed E-state index contributed by atoms with van der Waals surface area (Å²) in [5.74, 6) is -0.563. The van der Waals surface area contributed by atoms with E-state index in [2.05, 4.69) is 14.8 Å². The highest BCUT2D eigenvalue weighted by atomic mass is 35.5. The number of aliphatic hydroxyl groups is 1. The lowest BCUT2D eigenvalue weighted by molar-refractivity contribution is -0.137. The van der Waals surface area contributed by atoms with E-state index in [4.69, 9.17) is 17.3 Å². The molecule has 1 aliphatic rings. The average molecular weight is 519 g/mol. The van der Waals surface area contributed by atoms with Gasteiger partial charge in [-0.15, -0.1) is 0 Å². The van der Waals surface area contributed by atoms with E-state index in [1.54, 1.807) is 25.1 Å². The molecule has 36 heavy (non-hydrogen) atoms. The second-order valence-electron chi connectivity index (χ2n) is 9.09. The maximum Gasteiger partial charge on any atom is 0.417 e. The lowest BCUT2D eigenvalue weighted by Crippen LogP contribution is -2.52. The van der Waals surface area contributed by atoms with Crippen LogP contribution in [-0.2, 0) is 11.8 Å². The minimum absolute atomic E-state index is 0.131. The highest BCUT2D eigenvalue weighted by Crippen LogP contribution is 2.37. The third kappa shape index (κ3) is 5.64. The highest BCUT2D eigenvalue weighted by molar-refractivity contribution is 6.33. The molecule has 2 atom stereocenters. The fourth-order valence-electron chi connectivity index (χ4n) is 4.52. The summed E-state index contributed by atoms with van der Waals surface area (Å²) in [5.41, 5.74) is 5.33. The number of anilines is 1. The lowest BCUT2D eigenvalue weighted by atomic mass is 9.97. The molecular weight excluding hydrogens is 493 g/mol. The van der Waals surface area contributed by atoms with E-state index >= 15 is 0 Å².